The number of halogens is 2. The molecule has 0 aliphatic carbocycles. The number of Topliss-reactive ketones (excluding diaryl/α,β-unsaturated/α-hetero) is 1. The van der Waals surface area contributed by atoms with Gasteiger partial charge in [-0.1, -0.05) is 165 Å². The number of esters is 4. The number of carbonyl (C=O) groups excluding carboxylic acids is 6. The SMILES string of the molecule is BrCc1ccccc1.C.COC(=O)CBr.COC(=O)COc1ccc(-c2nn[nH][n+]2Cc2ccccc2)cc1.COC(=O)COc1ccc(-c2nn[nH]n2)cc1.COC(=O)COc1ccc(C#N)cc1.N#Cc1ccc(O)cc1.Nc1ccc2cnccc2c1.O=C(COc1ccc(-c2nn[nH][n+]2Cc2ccccc2)cc1)Cc1ccc2cnccc2c1.O=CO[O-].[H-].[K+].[K+]. The smallest absolute Gasteiger partial charge is 1.00 e. The van der Waals surface area contributed by atoms with Crippen molar-refractivity contribution >= 4 is 95.2 Å². The third-order valence-electron chi connectivity index (χ3n) is 16.5. The van der Waals surface area contributed by atoms with E-state index >= 15 is 0 Å². The number of nitriles is 2. The summed E-state index contributed by atoms with van der Waals surface area (Å²) < 4.78 is 42.7. The number of nitrogen functional groups attached to an aromatic ring is 1. The van der Waals surface area contributed by atoms with Gasteiger partial charge in [-0.3, -0.25) is 24.4 Å². The maximum absolute atomic E-state index is 12.4. The van der Waals surface area contributed by atoms with Gasteiger partial charge in [0.05, 0.1) is 62.8 Å². The number of phenolic OH excluding ortho intramolecular Hbond substituents is 1. The van der Waals surface area contributed by atoms with Gasteiger partial charge < -0.3 is 60.3 Å². The van der Waals surface area contributed by atoms with Crippen LogP contribution in [0.15, 0.2) is 286 Å². The maximum atomic E-state index is 12.4. The summed E-state index contributed by atoms with van der Waals surface area (Å²) in [7, 11) is 5.28. The Kier molecular flexibility index (Phi) is 53.2. The summed E-state index contributed by atoms with van der Waals surface area (Å²) in [4.78, 5) is 74.4. The van der Waals surface area contributed by atoms with Gasteiger partial charge in [-0.25, -0.2) is 14.4 Å². The van der Waals surface area contributed by atoms with E-state index in [0.29, 0.717) is 59.5 Å². The van der Waals surface area contributed by atoms with Crippen LogP contribution in [0.25, 0.3) is 55.7 Å². The molecular formula is C91H89Br2K2N17O17+2. The molecule has 0 atom stereocenters. The molecule has 15 rings (SSSR count). The van der Waals surface area contributed by atoms with Crippen LogP contribution in [0.4, 0.5) is 5.69 Å². The van der Waals surface area contributed by atoms with Crippen LogP contribution in [0.2, 0.25) is 0 Å². The fourth-order valence-electron chi connectivity index (χ4n) is 10.2. The summed E-state index contributed by atoms with van der Waals surface area (Å²) in [5, 5.41) is 75.1. The largest absolute Gasteiger partial charge is 1.00 e. The summed E-state index contributed by atoms with van der Waals surface area (Å²) in [5.74, 6) is 2.97. The molecular weight excluding hydrogens is 1840 g/mol. The molecule has 0 saturated carbocycles. The molecule has 129 heavy (non-hydrogen) atoms. The predicted octanol–water partition coefficient (Wildman–Crippen LogP) is 5.84. The van der Waals surface area contributed by atoms with Crippen molar-refractivity contribution in [2.24, 2.45) is 0 Å². The summed E-state index contributed by atoms with van der Waals surface area (Å²) in [6.45, 7) is 0.769. The van der Waals surface area contributed by atoms with Crippen LogP contribution in [0, 0.1) is 22.7 Å². The second-order valence-corrected chi connectivity index (χ2v) is 26.3. The Morgan fingerprint density at radius 2 is 0.860 bits per heavy atom. The van der Waals surface area contributed by atoms with Gasteiger partial charge in [0.15, 0.2) is 36.0 Å². The number of carbonyl (C=O) groups is 6. The number of aromatic nitrogens is 14. The molecule has 38 heteroatoms. The molecule has 0 unspecified atom stereocenters. The van der Waals surface area contributed by atoms with Gasteiger partial charge in [-0.2, -0.15) is 25.1 Å². The molecule has 0 spiro atoms. The molecule has 0 fully saturated rings. The molecule has 15 aromatic rings. The van der Waals surface area contributed by atoms with Crippen molar-refractivity contribution in [1.29, 1.82) is 10.5 Å². The summed E-state index contributed by atoms with van der Waals surface area (Å²) in [6.07, 6.45) is 7.49. The van der Waals surface area contributed by atoms with E-state index in [9.17, 15) is 24.0 Å². The number of tetrazole rings is 3. The normalized spacial score (nSPS) is 9.53. The fraction of sp³-hybridized carbons (Fsp3) is 0.154. The third-order valence-corrected chi connectivity index (χ3v) is 17.6. The van der Waals surface area contributed by atoms with E-state index in [4.69, 9.17) is 50.4 Å². The minimum Gasteiger partial charge on any atom is -1.00 e. The quantitative estimate of drug-likeness (QED) is 0.00545. The van der Waals surface area contributed by atoms with Crippen LogP contribution in [-0.4, -0.2) is 163 Å². The average Bonchev–Trinajstić information content (AvgIpc) is 1.63. The summed E-state index contributed by atoms with van der Waals surface area (Å²) in [6, 6.07) is 84.4. The average molecular weight is 1930 g/mol. The third kappa shape index (κ3) is 41.3. The molecule has 5 aromatic heterocycles. The molecule has 0 bridgehead atoms. The van der Waals surface area contributed by atoms with Crippen molar-refractivity contribution in [3.8, 4) is 75.0 Å². The van der Waals surface area contributed by atoms with E-state index in [0.717, 1.165) is 77.6 Å². The number of phenols is 1. The first kappa shape index (κ1) is 109. The second kappa shape index (κ2) is 63.2. The monoisotopic (exact) mass is 1930 g/mol. The van der Waals surface area contributed by atoms with E-state index < -0.39 is 17.9 Å². The van der Waals surface area contributed by atoms with E-state index in [2.05, 4.69) is 142 Å². The molecule has 6 N–H and O–H groups in total. The number of benzene rings is 10. The number of ketones is 1. The van der Waals surface area contributed by atoms with Gasteiger partial charge in [0.1, 0.15) is 64.0 Å². The number of H-pyrrole nitrogens is 3. The van der Waals surface area contributed by atoms with Crippen molar-refractivity contribution in [2.45, 2.75) is 32.3 Å². The Balaban J connectivity index is 0.000000400. The molecule has 10 aromatic carbocycles. The zero-order valence-electron chi connectivity index (χ0n) is 71.2. The van der Waals surface area contributed by atoms with E-state index in [1.54, 1.807) is 85.2 Å². The van der Waals surface area contributed by atoms with Gasteiger partial charge >= 0.3 is 138 Å². The fourth-order valence-corrected chi connectivity index (χ4v) is 10.8. The van der Waals surface area contributed by atoms with Crippen LogP contribution in [-0.2, 0) is 77.4 Å². The van der Waals surface area contributed by atoms with Gasteiger partial charge in [0.2, 0.25) is 5.82 Å². The number of ether oxygens (including phenoxy) is 8. The summed E-state index contributed by atoms with van der Waals surface area (Å²) >= 11 is 6.26. The van der Waals surface area contributed by atoms with Gasteiger partial charge in [-0.05, 0) is 184 Å². The molecule has 0 aliphatic rings. The van der Waals surface area contributed by atoms with Crippen LogP contribution in [0.5, 0.6) is 28.7 Å². The van der Waals surface area contributed by atoms with Gasteiger partial charge in [-0.15, -0.1) is 10.2 Å². The molecule has 0 aliphatic heterocycles. The van der Waals surface area contributed by atoms with E-state index in [1.165, 1.54) is 46.1 Å². The Bertz CT molecular complexity index is 5870. The number of aromatic hydroxyl groups is 1. The molecule has 5 heterocycles. The van der Waals surface area contributed by atoms with Crippen LogP contribution in [0.3, 0.4) is 0 Å². The van der Waals surface area contributed by atoms with E-state index in [-0.39, 0.29) is 167 Å². The van der Waals surface area contributed by atoms with Crippen molar-refractivity contribution in [3.05, 3.63) is 319 Å². The number of hydrogen-bond donors (Lipinski definition) is 5. The standard InChI is InChI=1S/C26H21N5O2.C17H16N4O3.C10H10N4O3.C10H9NO3.C9H8N2.C7H7Br.C7H5NO.C3H5BrO2.CH2O3.CH4.2K.H/c32-24(15-20-6-7-23-16-27-13-12-22(23)14-20)18-33-25-10-8-21(9-11-25)26-28-29-30-31(26)17-19-4-2-1-3-5-19;1-23-16(22)12-24-15-9-7-14(8-10-15)17-18-19-20-21(17)11-13-5-3-2-4-6-13;1-16-9(15)6-17-8-4-2-7(3-5-8)10-11-13-14-12-10;1-13-10(12)7-14-9-4-2-8(6-11)3-5-9;10-9-2-1-8-6-11-4-3-7(8)5-9;8-6-7-4-2-1-3-5-7;8-5-6-1-3-7(9)4-2-6;1-6-3(5)2-4;2-1-4-3;;;;/h1-14,16H,15,17-18H2;2-10H,11-12H2,1H3;2-5H,6H2,1H3,(H,11,12,13,14);2-5H,7H2,1H3;1-6H,10H2;1-5H,6H2;1-4,9H;2H2,1H3;1,3H;1H4;;;/q;;;;;;;;;;2*+1;-1/p+1. The number of rotatable bonds is 24. The first-order valence-corrected chi connectivity index (χ1v) is 39.7. The predicted molar refractivity (Wildman–Crippen MR) is 473 cm³/mol. The minimum absolute atomic E-state index is 0. The Labute approximate surface area is 845 Å². The molecule has 654 valence electrons. The number of alkyl halides is 2. The van der Waals surface area contributed by atoms with Crippen LogP contribution >= 0.6 is 31.9 Å². The number of hydrogen-bond acceptors (Lipinski definition) is 29. The zero-order valence-corrected chi connectivity index (χ0v) is 79.6. The first-order valence-electron chi connectivity index (χ1n) is 37.4. The molecule has 34 nitrogen and oxygen atoms in total. The molecule has 0 saturated heterocycles. The van der Waals surface area contributed by atoms with Gasteiger partial charge in [0, 0.05) is 58.6 Å². The number of aromatic amines is 3. The van der Waals surface area contributed by atoms with Crippen molar-refractivity contribution in [1.82, 2.24) is 61.6 Å². The van der Waals surface area contributed by atoms with Crippen molar-refractivity contribution in [3.63, 3.8) is 0 Å². The number of fused-ring (bicyclic) bond motifs is 2. The molecule has 0 radical (unpaired) electrons. The minimum atomic E-state index is -0.436. The van der Waals surface area contributed by atoms with Crippen molar-refractivity contribution in [2.75, 3.05) is 65.9 Å². The van der Waals surface area contributed by atoms with E-state index in [1.807, 2.05) is 186 Å². The van der Waals surface area contributed by atoms with Crippen LogP contribution in [0.1, 0.15) is 42.2 Å². The topological polar surface area (TPSA) is 474 Å². The van der Waals surface area contributed by atoms with Gasteiger partial charge in [0.25, 0.3) is 6.47 Å². The maximum Gasteiger partial charge on any atom is 1.00 e. The Hall–Kier alpha value is -12.8. The Morgan fingerprint density at radius 1 is 0.473 bits per heavy atom. The second-order valence-electron chi connectivity index (χ2n) is 25.2. The first-order chi connectivity index (χ1) is 61.4. The number of anilines is 1. The number of nitrogens with one attached hydrogen (secondary N) is 3. The van der Waals surface area contributed by atoms with Crippen molar-refractivity contribution < 1.29 is 195 Å². The number of nitrogens with zero attached hydrogens (tertiary/aromatic N) is 13. The number of pyridine rings is 2. The number of methoxy groups -OCH3 is 4. The molecule has 0 amide bonds. The number of nitrogens with two attached hydrogens (primary N) is 1. The Morgan fingerprint density at radius 3 is 1.23 bits per heavy atom. The zero-order chi connectivity index (χ0) is 90.3. The summed E-state index contributed by atoms with van der Waals surface area (Å²) in [5.41, 5.74) is 14.7. The van der Waals surface area contributed by atoms with Crippen LogP contribution < -0.4 is 142 Å².